The number of carbonyl (C=O) groups is 2. The molecule has 0 unspecified atom stereocenters. The first kappa shape index (κ1) is 19.5. The largest absolute Gasteiger partial charge is 0.545 e. The molecule has 7 nitrogen and oxygen atoms in total. The fourth-order valence-corrected chi connectivity index (χ4v) is 4.86. The van der Waals surface area contributed by atoms with Gasteiger partial charge in [-0.2, -0.15) is 0 Å². The maximum absolute atomic E-state index is 13.6. The van der Waals surface area contributed by atoms with Crippen molar-refractivity contribution in [2.24, 2.45) is 0 Å². The number of hydrogen-bond donors (Lipinski definition) is 1. The molecule has 0 radical (unpaired) electrons. The number of benzene rings is 3. The second-order valence-corrected chi connectivity index (χ2v) is 8.47. The smallest absolute Gasteiger partial charge is 0.196 e. The van der Waals surface area contributed by atoms with E-state index in [-0.39, 0.29) is 11.3 Å². The molecule has 1 aliphatic heterocycles. The normalized spacial score (nSPS) is 14.9. The molecule has 0 saturated carbocycles. The van der Waals surface area contributed by atoms with Crippen LogP contribution in [-0.4, -0.2) is 30.0 Å². The fourth-order valence-electron chi connectivity index (χ4n) is 4.86. The van der Waals surface area contributed by atoms with Crippen LogP contribution < -0.4 is 15.3 Å². The van der Waals surface area contributed by atoms with Crippen molar-refractivity contribution in [1.29, 1.82) is 0 Å². The van der Waals surface area contributed by atoms with Gasteiger partial charge in [0, 0.05) is 29.9 Å². The number of piperidine rings is 1. The Kier molecular flexibility index (Phi) is 4.43. The number of hydrogen-bond acceptors (Lipinski definition) is 7. The SMILES string of the molecule is O=C([O-])c1ccc(Nc2cc(N3CCCCC3)c3noc4c3c2C(=O)c2ccccc2-4)cc1. The summed E-state index contributed by atoms with van der Waals surface area (Å²) in [5.41, 5.74) is 4.88. The van der Waals surface area contributed by atoms with Crippen LogP contribution in [0.2, 0.25) is 0 Å². The first-order valence-electron chi connectivity index (χ1n) is 11.1. The molecule has 0 amide bonds. The molecule has 6 rings (SSSR count). The van der Waals surface area contributed by atoms with Crippen LogP contribution in [0, 0.1) is 0 Å². The summed E-state index contributed by atoms with van der Waals surface area (Å²) in [6.45, 7) is 1.84. The van der Waals surface area contributed by atoms with Crippen molar-refractivity contribution in [3.8, 4) is 11.3 Å². The minimum atomic E-state index is -1.23. The van der Waals surface area contributed by atoms with Crippen molar-refractivity contribution < 1.29 is 19.2 Å². The summed E-state index contributed by atoms with van der Waals surface area (Å²) in [5.74, 6) is -0.721. The fraction of sp³-hybridized carbons (Fsp3) is 0.192. The first-order chi connectivity index (χ1) is 16.1. The zero-order valence-electron chi connectivity index (χ0n) is 17.8. The van der Waals surface area contributed by atoms with E-state index in [9.17, 15) is 14.7 Å². The maximum Gasteiger partial charge on any atom is 0.196 e. The van der Waals surface area contributed by atoms with Crippen molar-refractivity contribution in [3.63, 3.8) is 0 Å². The van der Waals surface area contributed by atoms with Crippen LogP contribution >= 0.6 is 0 Å². The Bertz CT molecular complexity index is 1420. The lowest BCUT2D eigenvalue weighted by Gasteiger charge is -2.30. The molecule has 4 aromatic rings. The summed E-state index contributed by atoms with van der Waals surface area (Å²) in [7, 11) is 0. The highest BCUT2D eigenvalue weighted by Gasteiger charge is 2.33. The van der Waals surface area contributed by atoms with Gasteiger partial charge in [-0.3, -0.25) is 4.79 Å². The van der Waals surface area contributed by atoms with Crippen LogP contribution in [0.1, 0.15) is 45.5 Å². The van der Waals surface area contributed by atoms with Crippen LogP contribution in [0.4, 0.5) is 17.1 Å². The van der Waals surface area contributed by atoms with Crippen LogP contribution in [0.15, 0.2) is 59.1 Å². The highest BCUT2D eigenvalue weighted by Crippen LogP contribution is 2.46. The van der Waals surface area contributed by atoms with Crippen LogP contribution in [-0.2, 0) is 0 Å². The van der Waals surface area contributed by atoms with Gasteiger partial charge in [-0.1, -0.05) is 41.6 Å². The average Bonchev–Trinajstić information content (AvgIpc) is 3.29. The molecule has 0 atom stereocenters. The van der Waals surface area contributed by atoms with E-state index in [1.807, 2.05) is 24.3 Å². The average molecular weight is 438 g/mol. The lowest BCUT2D eigenvalue weighted by molar-refractivity contribution is -0.255. The van der Waals surface area contributed by atoms with Gasteiger partial charge in [0.05, 0.1) is 28.3 Å². The third-order valence-corrected chi connectivity index (χ3v) is 6.47. The van der Waals surface area contributed by atoms with Crippen molar-refractivity contribution in [2.45, 2.75) is 19.3 Å². The molecule has 2 heterocycles. The van der Waals surface area contributed by atoms with Crippen LogP contribution in [0.5, 0.6) is 0 Å². The number of nitrogens with one attached hydrogen (secondary N) is 1. The van der Waals surface area contributed by atoms with Gasteiger partial charge in [0.2, 0.25) is 0 Å². The molecule has 164 valence electrons. The number of aromatic nitrogens is 1. The Morgan fingerprint density at radius 3 is 2.45 bits per heavy atom. The molecule has 1 fully saturated rings. The molecule has 0 spiro atoms. The van der Waals surface area contributed by atoms with E-state index in [1.54, 1.807) is 18.2 Å². The quantitative estimate of drug-likeness (QED) is 0.450. The topological polar surface area (TPSA) is 98.5 Å². The third-order valence-electron chi connectivity index (χ3n) is 6.47. The summed E-state index contributed by atoms with van der Waals surface area (Å²) < 4.78 is 5.82. The number of rotatable bonds is 4. The van der Waals surface area contributed by atoms with Gasteiger partial charge in [0.1, 0.15) is 5.52 Å². The number of carboxylic acid groups (broad SMARTS) is 1. The van der Waals surface area contributed by atoms with E-state index >= 15 is 0 Å². The van der Waals surface area contributed by atoms with Crippen molar-refractivity contribution in [1.82, 2.24) is 5.16 Å². The number of anilines is 3. The Labute approximate surface area is 189 Å². The molecule has 33 heavy (non-hydrogen) atoms. The van der Waals surface area contributed by atoms with E-state index in [0.717, 1.165) is 42.6 Å². The van der Waals surface area contributed by atoms with Gasteiger partial charge in [0.25, 0.3) is 0 Å². The summed E-state index contributed by atoms with van der Waals surface area (Å²) in [4.78, 5) is 27.0. The number of ketones is 1. The van der Waals surface area contributed by atoms with E-state index in [1.165, 1.54) is 18.6 Å². The van der Waals surface area contributed by atoms with Gasteiger partial charge < -0.3 is 24.6 Å². The molecule has 2 aliphatic rings. The third kappa shape index (κ3) is 3.08. The molecular weight excluding hydrogens is 418 g/mol. The molecule has 1 N–H and O–H groups in total. The molecule has 3 aromatic carbocycles. The number of carboxylic acids is 1. The summed E-state index contributed by atoms with van der Waals surface area (Å²) in [5, 5.41) is 19.6. The van der Waals surface area contributed by atoms with Crippen LogP contribution in [0.25, 0.3) is 22.2 Å². The van der Waals surface area contributed by atoms with Gasteiger partial charge in [-0.25, -0.2) is 0 Å². The van der Waals surface area contributed by atoms with Crippen LogP contribution in [0.3, 0.4) is 0 Å². The highest BCUT2D eigenvalue weighted by molar-refractivity contribution is 6.28. The van der Waals surface area contributed by atoms with Gasteiger partial charge in [-0.05, 0) is 43.0 Å². The molecule has 1 aliphatic carbocycles. The molecule has 1 saturated heterocycles. The molecule has 0 bridgehead atoms. The zero-order valence-corrected chi connectivity index (χ0v) is 17.8. The van der Waals surface area contributed by atoms with Crippen molar-refractivity contribution in [3.05, 3.63) is 71.3 Å². The zero-order chi connectivity index (χ0) is 22.5. The van der Waals surface area contributed by atoms with E-state index in [2.05, 4.69) is 15.4 Å². The van der Waals surface area contributed by atoms with Gasteiger partial charge >= 0.3 is 0 Å². The maximum atomic E-state index is 13.6. The predicted octanol–water partition coefficient (Wildman–Crippen LogP) is 4.14. The number of fused-ring (bicyclic) bond motifs is 2. The Morgan fingerprint density at radius 2 is 1.73 bits per heavy atom. The lowest BCUT2D eigenvalue weighted by atomic mass is 9.86. The minimum absolute atomic E-state index is 0.0923. The monoisotopic (exact) mass is 438 g/mol. The van der Waals surface area contributed by atoms with Gasteiger partial charge in [-0.15, -0.1) is 0 Å². The van der Waals surface area contributed by atoms with E-state index in [4.69, 9.17) is 4.52 Å². The highest BCUT2D eigenvalue weighted by atomic mass is 16.5. The van der Waals surface area contributed by atoms with Crippen molar-refractivity contribution in [2.75, 3.05) is 23.3 Å². The molecule has 1 aromatic heterocycles. The molecule has 7 heteroatoms. The van der Waals surface area contributed by atoms with E-state index < -0.39 is 5.97 Å². The summed E-state index contributed by atoms with van der Waals surface area (Å²) in [6, 6.07) is 15.7. The summed E-state index contributed by atoms with van der Waals surface area (Å²) >= 11 is 0. The second kappa shape index (κ2) is 7.48. The minimum Gasteiger partial charge on any atom is -0.545 e. The Hall–Kier alpha value is -4.13. The second-order valence-electron chi connectivity index (χ2n) is 8.47. The lowest BCUT2D eigenvalue weighted by Crippen LogP contribution is -2.29. The van der Waals surface area contributed by atoms with Gasteiger partial charge in [0.15, 0.2) is 11.5 Å². The first-order valence-corrected chi connectivity index (χ1v) is 11.1. The van der Waals surface area contributed by atoms with Crippen molar-refractivity contribution >= 4 is 39.7 Å². The number of aromatic carboxylic acids is 1. The number of carbonyl (C=O) groups excluding carboxylic acids is 2. The number of nitrogens with zero attached hydrogens (tertiary/aromatic N) is 2. The molecular formula is C26H20N3O4-. The Morgan fingerprint density at radius 1 is 1.00 bits per heavy atom. The van der Waals surface area contributed by atoms with E-state index in [0.29, 0.717) is 33.8 Å². The predicted molar refractivity (Wildman–Crippen MR) is 123 cm³/mol. The Balaban J connectivity index is 1.56. The summed E-state index contributed by atoms with van der Waals surface area (Å²) in [6.07, 6.45) is 3.40. The standard InChI is InChI=1S/C26H21N3O4/c30-24-17-6-2-3-7-18(17)25-22-21(24)19(27-16-10-8-15(9-11-16)26(31)32)14-20(23(22)28-33-25)29-12-4-1-5-13-29/h2-3,6-11,14,27H,1,4-5,12-13H2,(H,31,32)/p-1.